The predicted octanol–water partition coefficient (Wildman–Crippen LogP) is 11.1. The molecule has 0 aliphatic carbocycles. The molecule has 0 heterocycles. The van der Waals surface area contributed by atoms with Gasteiger partial charge >= 0.3 is 0 Å². The Morgan fingerprint density at radius 1 is 0.192 bits per heavy atom. The van der Waals surface area contributed by atoms with Gasteiger partial charge in [-0.2, -0.15) is 0 Å². The third kappa shape index (κ3) is 64.8. The number of rotatable bonds is 14. The van der Waals surface area contributed by atoms with Crippen molar-refractivity contribution in [3.8, 4) is 0 Å². The van der Waals surface area contributed by atoms with Crippen LogP contribution in [0.5, 0.6) is 0 Å². The summed E-state index contributed by atoms with van der Waals surface area (Å²) in [5.41, 5.74) is 0. The SMILES string of the molecule is CCCCCC.CCCCCC.CCCCCCC.CCCCCCC. The molecule has 26 heavy (non-hydrogen) atoms. The monoisotopic (exact) mass is 372 g/mol. The lowest BCUT2D eigenvalue weighted by Crippen LogP contribution is -1.70. The van der Waals surface area contributed by atoms with Gasteiger partial charge in [-0.1, -0.05) is 171 Å². The molecule has 0 aromatic heterocycles. The number of hydrogen-bond acceptors (Lipinski definition) is 0. The zero-order chi connectivity index (χ0) is 20.7. The van der Waals surface area contributed by atoms with Crippen LogP contribution in [0.4, 0.5) is 0 Å². The number of unbranched alkanes of at least 4 members (excludes halogenated alkanes) is 14. The standard InChI is InChI=1S/2C7H16.2C6H14/c2*1-3-5-7-6-4-2;2*1-3-5-6-4-2/h2*3-7H2,1-2H3;2*3-6H2,1-2H3. The molecule has 0 heteroatoms. The maximum absolute atomic E-state index is 2.25. The third-order valence-corrected chi connectivity index (χ3v) is 4.33. The molecular weight excluding hydrogens is 312 g/mol. The molecule has 0 radical (unpaired) electrons. The van der Waals surface area contributed by atoms with E-state index in [0.29, 0.717) is 0 Å². The Hall–Kier alpha value is 0. The zero-order valence-electron chi connectivity index (χ0n) is 20.7. The van der Waals surface area contributed by atoms with Crippen molar-refractivity contribution in [1.82, 2.24) is 0 Å². The van der Waals surface area contributed by atoms with E-state index in [-0.39, 0.29) is 0 Å². The topological polar surface area (TPSA) is 0 Å². The Morgan fingerprint density at radius 3 is 0.423 bits per heavy atom. The maximum Gasteiger partial charge on any atom is -0.0533 e. The van der Waals surface area contributed by atoms with E-state index < -0.39 is 0 Å². The van der Waals surface area contributed by atoms with Gasteiger partial charge in [0.25, 0.3) is 0 Å². The van der Waals surface area contributed by atoms with Crippen LogP contribution in [0.1, 0.15) is 171 Å². The van der Waals surface area contributed by atoms with E-state index in [2.05, 4.69) is 55.4 Å². The van der Waals surface area contributed by atoms with Crippen molar-refractivity contribution < 1.29 is 0 Å². The molecule has 0 aliphatic rings. The first-order valence-corrected chi connectivity index (χ1v) is 12.7. The molecule has 0 atom stereocenters. The Morgan fingerprint density at radius 2 is 0.308 bits per heavy atom. The van der Waals surface area contributed by atoms with E-state index in [9.17, 15) is 0 Å². The lowest BCUT2D eigenvalue weighted by molar-refractivity contribution is 0.656. The van der Waals surface area contributed by atoms with Gasteiger partial charge in [-0.25, -0.2) is 0 Å². The summed E-state index contributed by atoms with van der Waals surface area (Å²) in [5, 5.41) is 0. The van der Waals surface area contributed by atoms with E-state index in [4.69, 9.17) is 0 Å². The molecule has 0 saturated carbocycles. The fourth-order valence-electron chi connectivity index (χ4n) is 2.35. The summed E-state index contributed by atoms with van der Waals surface area (Å²) in [6, 6.07) is 0. The lowest BCUT2D eigenvalue weighted by atomic mass is 10.2. The van der Waals surface area contributed by atoms with Gasteiger partial charge in [0.2, 0.25) is 0 Å². The fourth-order valence-corrected chi connectivity index (χ4v) is 2.35. The van der Waals surface area contributed by atoms with E-state index in [1.807, 2.05) is 0 Å². The third-order valence-electron chi connectivity index (χ3n) is 4.33. The van der Waals surface area contributed by atoms with E-state index in [0.717, 1.165) is 0 Å². The molecule has 0 aliphatic heterocycles. The smallest absolute Gasteiger partial charge is 0.0533 e. The van der Waals surface area contributed by atoms with Gasteiger partial charge in [-0.15, -0.1) is 0 Å². The molecule has 0 bridgehead atoms. The van der Waals surface area contributed by atoms with Gasteiger partial charge in [0.1, 0.15) is 0 Å². The Labute approximate surface area is 171 Å². The quantitative estimate of drug-likeness (QED) is 0.266. The van der Waals surface area contributed by atoms with Gasteiger partial charge in [-0.05, 0) is 0 Å². The molecule has 0 spiro atoms. The van der Waals surface area contributed by atoms with Crippen molar-refractivity contribution >= 4 is 0 Å². The summed E-state index contributed by atoms with van der Waals surface area (Å²) in [6.45, 7) is 17.9. The fraction of sp³-hybridized carbons (Fsp3) is 1.00. The molecular formula is C26H60. The molecule has 0 saturated heterocycles. The molecule has 164 valence electrons. The highest BCUT2D eigenvalue weighted by Crippen LogP contribution is 2.00. The summed E-state index contributed by atoms with van der Waals surface area (Å²) in [6.07, 6.45) is 25.1. The maximum atomic E-state index is 2.25. The molecule has 0 rings (SSSR count). The van der Waals surface area contributed by atoms with E-state index in [1.165, 1.54) is 116 Å². The Bertz CT molecular complexity index is 116. The van der Waals surface area contributed by atoms with Crippen molar-refractivity contribution in [1.29, 1.82) is 0 Å². The minimum Gasteiger partial charge on any atom is -0.0654 e. The largest absolute Gasteiger partial charge is 0.0654 e. The first-order chi connectivity index (χ1) is 12.7. The molecule has 0 N–H and O–H groups in total. The second-order valence-electron chi connectivity index (χ2n) is 7.54. The lowest BCUT2D eigenvalue weighted by Gasteiger charge is -1.90. The van der Waals surface area contributed by atoms with Crippen molar-refractivity contribution in [3.05, 3.63) is 0 Å². The van der Waals surface area contributed by atoms with Crippen LogP contribution in [0.2, 0.25) is 0 Å². The summed E-state index contributed by atoms with van der Waals surface area (Å²) in [7, 11) is 0. The summed E-state index contributed by atoms with van der Waals surface area (Å²) in [4.78, 5) is 0. The summed E-state index contributed by atoms with van der Waals surface area (Å²) >= 11 is 0. The highest BCUT2D eigenvalue weighted by molar-refractivity contribution is 4.36. The summed E-state index contributed by atoms with van der Waals surface area (Å²) in [5.74, 6) is 0. The first-order valence-electron chi connectivity index (χ1n) is 12.7. The van der Waals surface area contributed by atoms with Crippen LogP contribution >= 0.6 is 0 Å². The van der Waals surface area contributed by atoms with Crippen LogP contribution in [-0.4, -0.2) is 0 Å². The highest BCUT2D eigenvalue weighted by atomic mass is 13.9. The molecule has 0 aromatic rings. The van der Waals surface area contributed by atoms with Crippen LogP contribution in [0.15, 0.2) is 0 Å². The second kappa shape index (κ2) is 44.4. The second-order valence-corrected chi connectivity index (χ2v) is 7.54. The highest BCUT2D eigenvalue weighted by Gasteiger charge is 1.81. The normalized spacial score (nSPS) is 9.23. The van der Waals surface area contributed by atoms with Gasteiger partial charge in [0, 0.05) is 0 Å². The minimum atomic E-state index is 1.36. The predicted molar refractivity (Wildman–Crippen MR) is 128 cm³/mol. The van der Waals surface area contributed by atoms with Crippen LogP contribution in [-0.2, 0) is 0 Å². The van der Waals surface area contributed by atoms with Crippen LogP contribution in [0.25, 0.3) is 0 Å². The molecule has 0 amide bonds. The van der Waals surface area contributed by atoms with Gasteiger partial charge < -0.3 is 0 Å². The van der Waals surface area contributed by atoms with Crippen LogP contribution in [0.3, 0.4) is 0 Å². The van der Waals surface area contributed by atoms with Gasteiger partial charge in [0.05, 0.1) is 0 Å². The average molecular weight is 373 g/mol. The number of hydrogen-bond donors (Lipinski definition) is 0. The van der Waals surface area contributed by atoms with Crippen molar-refractivity contribution in [2.75, 3.05) is 0 Å². The van der Waals surface area contributed by atoms with E-state index >= 15 is 0 Å². The zero-order valence-corrected chi connectivity index (χ0v) is 20.7. The van der Waals surface area contributed by atoms with Crippen molar-refractivity contribution in [3.63, 3.8) is 0 Å². The first kappa shape index (κ1) is 33.6. The van der Waals surface area contributed by atoms with Crippen LogP contribution in [0, 0.1) is 0 Å². The minimum absolute atomic E-state index is 1.36. The van der Waals surface area contributed by atoms with Gasteiger partial charge in [-0.3, -0.25) is 0 Å². The molecule has 0 unspecified atom stereocenters. The van der Waals surface area contributed by atoms with Crippen LogP contribution < -0.4 is 0 Å². The Kier molecular flexibility index (Phi) is 57.4. The molecule has 0 fully saturated rings. The van der Waals surface area contributed by atoms with Crippen molar-refractivity contribution in [2.24, 2.45) is 0 Å². The van der Waals surface area contributed by atoms with Gasteiger partial charge in [0.15, 0.2) is 0 Å². The Balaban J connectivity index is -0.000000124. The average Bonchev–Trinajstić information content (AvgIpc) is 2.67. The molecule has 0 nitrogen and oxygen atoms in total. The van der Waals surface area contributed by atoms with E-state index in [1.54, 1.807) is 0 Å². The van der Waals surface area contributed by atoms with Crippen molar-refractivity contribution in [2.45, 2.75) is 171 Å². The molecule has 0 aromatic carbocycles. The summed E-state index contributed by atoms with van der Waals surface area (Å²) < 4.78 is 0.